The minimum atomic E-state index is 0.110. The summed E-state index contributed by atoms with van der Waals surface area (Å²) in [5.41, 5.74) is 5.44. The van der Waals surface area contributed by atoms with E-state index in [9.17, 15) is 4.79 Å². The Bertz CT molecular complexity index is 399. The van der Waals surface area contributed by atoms with Crippen molar-refractivity contribution in [2.45, 2.75) is 34.6 Å². The van der Waals surface area contributed by atoms with E-state index in [0.29, 0.717) is 0 Å². The number of benzene rings is 1. The lowest BCUT2D eigenvalue weighted by Crippen LogP contribution is -2.05. The molecule has 1 aromatic carbocycles. The molecule has 0 aliphatic heterocycles. The molecular formula is C14H18O. The van der Waals surface area contributed by atoms with Crippen LogP contribution in [-0.2, 0) is 0 Å². The summed E-state index contributed by atoms with van der Waals surface area (Å²) in [5.74, 6) is 0.110. The van der Waals surface area contributed by atoms with Crippen LogP contribution in [0, 0.1) is 27.7 Å². The smallest absolute Gasteiger partial charge is 0.186 e. The number of ketones is 1. The Hall–Kier alpha value is -1.37. The Morgan fingerprint density at radius 1 is 1.07 bits per heavy atom. The third kappa shape index (κ3) is 2.17. The Morgan fingerprint density at radius 3 is 1.93 bits per heavy atom. The number of hydrogen-bond donors (Lipinski definition) is 0. The van der Waals surface area contributed by atoms with E-state index in [2.05, 4.69) is 6.07 Å². The number of aryl methyl sites for hydroxylation is 2. The highest BCUT2D eigenvalue weighted by Gasteiger charge is 2.12. The molecule has 0 bridgehead atoms. The molecule has 0 fully saturated rings. The van der Waals surface area contributed by atoms with Crippen molar-refractivity contribution in [2.75, 3.05) is 0 Å². The monoisotopic (exact) mass is 202 g/mol. The molecule has 0 spiro atoms. The summed E-state index contributed by atoms with van der Waals surface area (Å²) in [6.45, 7) is 9.99. The first-order valence-electron chi connectivity index (χ1n) is 5.23. The molecule has 0 aliphatic carbocycles. The summed E-state index contributed by atoms with van der Waals surface area (Å²) in [6.07, 6.45) is 3.42. The lowest BCUT2D eigenvalue weighted by molar-refractivity contribution is 0.104. The van der Waals surface area contributed by atoms with E-state index in [-0.39, 0.29) is 5.78 Å². The van der Waals surface area contributed by atoms with Crippen molar-refractivity contribution in [3.05, 3.63) is 46.0 Å². The van der Waals surface area contributed by atoms with Gasteiger partial charge in [0.05, 0.1) is 0 Å². The molecule has 15 heavy (non-hydrogen) atoms. The summed E-state index contributed by atoms with van der Waals surface area (Å²) < 4.78 is 0. The SMILES string of the molecule is C/C=C/C(=O)c1c(C)c(C)cc(C)c1C. The lowest BCUT2D eigenvalue weighted by Gasteiger charge is -2.12. The van der Waals surface area contributed by atoms with Crippen LogP contribution in [0.25, 0.3) is 0 Å². The van der Waals surface area contributed by atoms with Gasteiger partial charge in [-0.05, 0) is 62.9 Å². The van der Waals surface area contributed by atoms with E-state index in [1.807, 2.05) is 34.6 Å². The van der Waals surface area contributed by atoms with Crippen LogP contribution in [0.3, 0.4) is 0 Å². The highest BCUT2D eigenvalue weighted by molar-refractivity contribution is 6.07. The Morgan fingerprint density at radius 2 is 1.53 bits per heavy atom. The molecule has 0 N–H and O–H groups in total. The number of allylic oxidation sites excluding steroid dienone is 2. The second-order valence-corrected chi connectivity index (χ2v) is 4.00. The van der Waals surface area contributed by atoms with Crippen LogP contribution in [0.15, 0.2) is 18.2 Å². The number of hydrogen-bond acceptors (Lipinski definition) is 1. The first kappa shape index (κ1) is 11.7. The average molecular weight is 202 g/mol. The van der Waals surface area contributed by atoms with Crippen molar-refractivity contribution in [2.24, 2.45) is 0 Å². The van der Waals surface area contributed by atoms with Gasteiger partial charge in [0.15, 0.2) is 5.78 Å². The van der Waals surface area contributed by atoms with Crippen molar-refractivity contribution < 1.29 is 4.79 Å². The van der Waals surface area contributed by atoms with E-state index < -0.39 is 0 Å². The van der Waals surface area contributed by atoms with Gasteiger partial charge in [0.1, 0.15) is 0 Å². The van der Waals surface area contributed by atoms with Gasteiger partial charge in [-0.2, -0.15) is 0 Å². The summed E-state index contributed by atoms with van der Waals surface area (Å²) in [4.78, 5) is 11.9. The molecule has 0 aromatic heterocycles. The fourth-order valence-corrected chi connectivity index (χ4v) is 1.82. The molecule has 0 radical (unpaired) electrons. The molecule has 0 amide bonds. The van der Waals surface area contributed by atoms with Gasteiger partial charge in [-0.25, -0.2) is 0 Å². The Balaban J connectivity index is 3.45. The van der Waals surface area contributed by atoms with E-state index in [4.69, 9.17) is 0 Å². The van der Waals surface area contributed by atoms with Crippen LogP contribution >= 0.6 is 0 Å². The molecule has 1 nitrogen and oxygen atoms in total. The van der Waals surface area contributed by atoms with Crippen LogP contribution in [0.4, 0.5) is 0 Å². The minimum Gasteiger partial charge on any atom is -0.289 e. The third-order valence-corrected chi connectivity index (χ3v) is 2.93. The maximum Gasteiger partial charge on any atom is 0.186 e. The lowest BCUT2D eigenvalue weighted by atomic mass is 9.91. The fraction of sp³-hybridized carbons (Fsp3) is 0.357. The van der Waals surface area contributed by atoms with Crippen LogP contribution in [-0.4, -0.2) is 5.78 Å². The number of rotatable bonds is 2. The van der Waals surface area contributed by atoms with Crippen LogP contribution in [0.5, 0.6) is 0 Å². The number of carbonyl (C=O) groups is 1. The topological polar surface area (TPSA) is 17.1 Å². The normalized spacial score (nSPS) is 11.0. The van der Waals surface area contributed by atoms with E-state index in [1.165, 1.54) is 11.1 Å². The maximum atomic E-state index is 11.9. The highest BCUT2D eigenvalue weighted by Crippen LogP contribution is 2.22. The van der Waals surface area contributed by atoms with Gasteiger partial charge in [-0.15, -0.1) is 0 Å². The van der Waals surface area contributed by atoms with Crippen LogP contribution in [0.2, 0.25) is 0 Å². The largest absolute Gasteiger partial charge is 0.289 e. The molecule has 0 atom stereocenters. The van der Waals surface area contributed by atoms with Crippen molar-refractivity contribution >= 4 is 5.78 Å². The van der Waals surface area contributed by atoms with Crippen molar-refractivity contribution in [3.8, 4) is 0 Å². The predicted octanol–water partition coefficient (Wildman–Crippen LogP) is 3.68. The average Bonchev–Trinajstić information content (AvgIpc) is 2.16. The molecule has 1 rings (SSSR count). The van der Waals surface area contributed by atoms with Gasteiger partial charge >= 0.3 is 0 Å². The molecule has 0 aliphatic rings. The molecule has 80 valence electrons. The van der Waals surface area contributed by atoms with E-state index >= 15 is 0 Å². The second-order valence-electron chi connectivity index (χ2n) is 4.00. The minimum absolute atomic E-state index is 0.110. The van der Waals surface area contributed by atoms with Gasteiger partial charge < -0.3 is 0 Å². The van der Waals surface area contributed by atoms with Gasteiger partial charge in [0, 0.05) is 5.56 Å². The van der Waals surface area contributed by atoms with Crippen LogP contribution in [0.1, 0.15) is 39.5 Å². The molecule has 1 heteroatoms. The zero-order valence-electron chi connectivity index (χ0n) is 10.1. The fourth-order valence-electron chi connectivity index (χ4n) is 1.82. The first-order valence-corrected chi connectivity index (χ1v) is 5.23. The molecule has 1 aromatic rings. The van der Waals surface area contributed by atoms with E-state index in [1.54, 1.807) is 12.2 Å². The van der Waals surface area contributed by atoms with Gasteiger partial charge in [-0.1, -0.05) is 12.1 Å². The summed E-state index contributed by atoms with van der Waals surface area (Å²) in [5, 5.41) is 0. The molecule has 0 saturated carbocycles. The van der Waals surface area contributed by atoms with Gasteiger partial charge in [0.25, 0.3) is 0 Å². The summed E-state index contributed by atoms with van der Waals surface area (Å²) in [7, 11) is 0. The third-order valence-electron chi connectivity index (χ3n) is 2.93. The quantitative estimate of drug-likeness (QED) is 0.528. The van der Waals surface area contributed by atoms with Gasteiger partial charge in [0.2, 0.25) is 0 Å². The Labute approximate surface area is 91.8 Å². The predicted molar refractivity (Wildman–Crippen MR) is 64.5 cm³/mol. The van der Waals surface area contributed by atoms with Gasteiger partial charge in [-0.3, -0.25) is 4.79 Å². The van der Waals surface area contributed by atoms with E-state index in [0.717, 1.165) is 16.7 Å². The maximum absolute atomic E-state index is 11.9. The molecule has 0 unspecified atom stereocenters. The molecular weight excluding hydrogens is 184 g/mol. The second kappa shape index (κ2) is 4.43. The zero-order valence-corrected chi connectivity index (χ0v) is 10.1. The Kier molecular flexibility index (Phi) is 3.46. The van der Waals surface area contributed by atoms with Crippen molar-refractivity contribution in [1.82, 2.24) is 0 Å². The van der Waals surface area contributed by atoms with Crippen LogP contribution < -0.4 is 0 Å². The van der Waals surface area contributed by atoms with Crippen molar-refractivity contribution in [3.63, 3.8) is 0 Å². The van der Waals surface area contributed by atoms with Crippen molar-refractivity contribution in [1.29, 1.82) is 0 Å². The molecule has 0 saturated heterocycles. The zero-order chi connectivity index (χ0) is 11.6. The first-order chi connectivity index (χ1) is 6.99. The highest BCUT2D eigenvalue weighted by atomic mass is 16.1. The standard InChI is InChI=1S/C14H18O/c1-6-7-13(15)14-11(4)9(2)8-10(3)12(14)5/h6-8H,1-5H3/b7-6+. The summed E-state index contributed by atoms with van der Waals surface area (Å²) in [6, 6.07) is 2.14. The molecule has 0 heterocycles. The number of carbonyl (C=O) groups excluding carboxylic acids is 1. The summed E-state index contributed by atoms with van der Waals surface area (Å²) >= 11 is 0.